The Morgan fingerprint density at radius 3 is 2.04 bits per heavy atom. The van der Waals surface area contributed by atoms with Gasteiger partial charge >= 0.3 is 0 Å². The highest BCUT2D eigenvalue weighted by Gasteiger charge is 2.37. The summed E-state index contributed by atoms with van der Waals surface area (Å²) in [5.41, 5.74) is 11.1. The van der Waals surface area contributed by atoms with Crippen LogP contribution >= 0.6 is 23.5 Å². The number of aromatic nitrogens is 1. The fourth-order valence-electron chi connectivity index (χ4n) is 7.83. The molecule has 2 heterocycles. The zero-order chi connectivity index (χ0) is 37.1. The summed E-state index contributed by atoms with van der Waals surface area (Å²) in [4.78, 5) is 7.68. The Morgan fingerprint density at radius 2 is 1.43 bits per heavy atom. The Kier molecular flexibility index (Phi) is 10.7. The second-order valence-electron chi connectivity index (χ2n) is 14.2. The maximum atomic E-state index is 4.49. The van der Waals surface area contributed by atoms with Crippen molar-refractivity contribution in [3.63, 3.8) is 0 Å². The number of nitrogens with zero attached hydrogens (tertiary/aromatic N) is 2. The van der Waals surface area contributed by atoms with Gasteiger partial charge in [-0.25, -0.2) is 0 Å². The first-order chi connectivity index (χ1) is 25.8. The van der Waals surface area contributed by atoms with E-state index >= 15 is 0 Å². The third kappa shape index (κ3) is 6.99. The van der Waals surface area contributed by atoms with E-state index in [1.54, 1.807) is 0 Å². The minimum Gasteiger partial charge on any atom is -0.342 e. The van der Waals surface area contributed by atoms with Gasteiger partial charge in [0.1, 0.15) is 0 Å². The molecular weight excluding hydrogens is 681 g/mol. The summed E-state index contributed by atoms with van der Waals surface area (Å²) in [7, 11) is 0. The zero-order valence-corrected chi connectivity index (χ0v) is 33.0. The fraction of sp³-hybridized carbons (Fsp3) is 0.184. The maximum Gasteiger partial charge on any atom is 0.0494 e. The van der Waals surface area contributed by atoms with Crippen LogP contribution in [-0.4, -0.2) is 16.0 Å². The van der Waals surface area contributed by atoms with Gasteiger partial charge in [0.15, 0.2) is 0 Å². The third-order valence-electron chi connectivity index (χ3n) is 10.5. The van der Waals surface area contributed by atoms with Gasteiger partial charge in [0.2, 0.25) is 0 Å². The van der Waals surface area contributed by atoms with Crippen LogP contribution in [0.15, 0.2) is 195 Å². The van der Waals surface area contributed by atoms with E-state index in [0.717, 1.165) is 25.1 Å². The molecule has 0 saturated heterocycles. The lowest BCUT2D eigenvalue weighted by atomic mass is 9.81. The number of hydrogen-bond donors (Lipinski definition) is 0. The van der Waals surface area contributed by atoms with E-state index in [2.05, 4.69) is 178 Å². The van der Waals surface area contributed by atoms with E-state index in [1.165, 1.54) is 74.9 Å². The Hall–Kier alpha value is -4.90. The van der Waals surface area contributed by atoms with Crippen molar-refractivity contribution in [3.8, 4) is 0 Å². The van der Waals surface area contributed by atoms with Crippen molar-refractivity contribution in [1.82, 2.24) is 9.47 Å². The van der Waals surface area contributed by atoms with Gasteiger partial charge in [-0.15, -0.1) is 0 Å². The number of hydrogen-bond acceptors (Lipinski definition) is 3. The molecule has 2 aliphatic rings. The molecule has 1 aromatic heterocycles. The van der Waals surface area contributed by atoms with E-state index in [0.29, 0.717) is 6.54 Å². The summed E-state index contributed by atoms with van der Waals surface area (Å²) in [6, 6.07) is 31.0. The lowest BCUT2D eigenvalue weighted by Crippen LogP contribution is -2.21. The molecule has 0 fully saturated rings. The molecule has 4 aromatic carbocycles. The second kappa shape index (κ2) is 15.6. The van der Waals surface area contributed by atoms with Crippen LogP contribution < -0.4 is 0 Å². The van der Waals surface area contributed by atoms with Crippen LogP contribution in [-0.2, 0) is 12.0 Å². The summed E-state index contributed by atoms with van der Waals surface area (Å²) in [5, 5.41) is 2.58. The Bertz CT molecular complexity index is 2350. The van der Waals surface area contributed by atoms with Gasteiger partial charge in [-0.1, -0.05) is 155 Å². The number of para-hydroxylation sites is 2. The Labute approximate surface area is 324 Å². The molecule has 266 valence electrons. The molecular formula is C49H48N2S2. The quantitative estimate of drug-likeness (QED) is 0.110. The smallest absolute Gasteiger partial charge is 0.0494 e. The van der Waals surface area contributed by atoms with Gasteiger partial charge in [-0.3, -0.25) is 0 Å². The molecule has 4 heteroatoms. The van der Waals surface area contributed by atoms with Gasteiger partial charge in [-0.05, 0) is 90.1 Å². The van der Waals surface area contributed by atoms with E-state index in [9.17, 15) is 0 Å². The molecule has 0 unspecified atom stereocenters. The highest BCUT2D eigenvalue weighted by Crippen LogP contribution is 2.54. The first kappa shape index (κ1) is 36.5. The van der Waals surface area contributed by atoms with E-state index < -0.39 is 0 Å². The minimum atomic E-state index is -0.143. The van der Waals surface area contributed by atoms with Crippen LogP contribution in [0, 0.1) is 0 Å². The first-order valence-electron chi connectivity index (χ1n) is 18.5. The lowest BCUT2D eigenvalue weighted by Gasteiger charge is -2.27. The summed E-state index contributed by atoms with van der Waals surface area (Å²) in [6.45, 7) is 23.2. The molecule has 0 N–H and O–H groups in total. The predicted molar refractivity (Wildman–Crippen MR) is 232 cm³/mol. The van der Waals surface area contributed by atoms with Crippen molar-refractivity contribution in [3.05, 3.63) is 187 Å². The highest BCUT2D eigenvalue weighted by atomic mass is 32.2. The average Bonchev–Trinajstić information content (AvgIpc) is 3.59. The fourth-order valence-corrected chi connectivity index (χ4v) is 10.1. The van der Waals surface area contributed by atoms with Gasteiger partial charge in [0.25, 0.3) is 0 Å². The van der Waals surface area contributed by atoms with Crippen molar-refractivity contribution in [2.45, 2.75) is 72.1 Å². The van der Waals surface area contributed by atoms with Crippen molar-refractivity contribution in [1.29, 1.82) is 0 Å². The molecule has 7 rings (SSSR count). The molecule has 0 bridgehead atoms. The van der Waals surface area contributed by atoms with Crippen LogP contribution in [0.4, 0.5) is 0 Å². The lowest BCUT2D eigenvalue weighted by molar-refractivity contribution is 0.481. The average molecular weight is 729 g/mol. The largest absolute Gasteiger partial charge is 0.342 e. The van der Waals surface area contributed by atoms with Gasteiger partial charge in [-0.2, -0.15) is 0 Å². The van der Waals surface area contributed by atoms with Crippen LogP contribution in [0.5, 0.6) is 0 Å². The van der Waals surface area contributed by atoms with Crippen molar-refractivity contribution >= 4 is 50.9 Å². The van der Waals surface area contributed by atoms with Crippen molar-refractivity contribution < 1.29 is 0 Å². The van der Waals surface area contributed by atoms with Crippen LogP contribution in [0.25, 0.3) is 27.4 Å². The van der Waals surface area contributed by atoms with E-state index in [1.807, 2.05) is 35.7 Å². The van der Waals surface area contributed by atoms with Crippen LogP contribution in [0.3, 0.4) is 0 Å². The molecule has 0 amide bonds. The predicted octanol–water partition coefficient (Wildman–Crippen LogP) is 14.1. The monoisotopic (exact) mass is 728 g/mol. The molecule has 0 saturated carbocycles. The van der Waals surface area contributed by atoms with Crippen molar-refractivity contribution in [2.24, 2.45) is 0 Å². The Morgan fingerprint density at radius 1 is 0.811 bits per heavy atom. The van der Waals surface area contributed by atoms with E-state index in [-0.39, 0.29) is 5.41 Å². The SMILES string of the molecule is C=C/C=C\C/C(CC)=C(/C=C\Cn1c2ccccc2c2ccccc21)N(C/C=C\C1=C(C=C)C(C)(C)c2cc3c(cc21)Sc1ccccc1S3)C(=C)C. The topological polar surface area (TPSA) is 8.17 Å². The summed E-state index contributed by atoms with van der Waals surface area (Å²) in [5.74, 6) is 0. The number of rotatable bonds is 13. The van der Waals surface area contributed by atoms with Gasteiger partial charge < -0.3 is 9.47 Å². The molecule has 2 nitrogen and oxygen atoms in total. The molecule has 5 aromatic rings. The maximum absolute atomic E-state index is 4.49. The summed E-state index contributed by atoms with van der Waals surface area (Å²) >= 11 is 3.76. The summed E-state index contributed by atoms with van der Waals surface area (Å²) < 4.78 is 2.42. The molecule has 0 spiro atoms. The minimum absolute atomic E-state index is 0.143. The number of benzene rings is 4. The first-order valence-corrected chi connectivity index (χ1v) is 20.1. The summed E-state index contributed by atoms with van der Waals surface area (Å²) in [6.07, 6.45) is 19.2. The third-order valence-corrected chi connectivity index (χ3v) is 13.0. The standard InChI is InChI=1S/C49H48N2S2/c1-8-11-12-21-35(9-2)42(27-20-31-51-43-25-15-13-22-37(43)38-23-14-16-26-44(38)51)50(34(4)5)30-19-24-36-39-32-47-48(33-41(39)49(6,7)40(36)10-3)53-46-29-18-17-28-45(46)52-47/h8,10-20,22-29,32-33H,1,3-4,9,21,30-31H2,2,5-7H3/b12-11-,24-19-,27-20-,42-35-. The molecule has 53 heavy (non-hydrogen) atoms. The highest BCUT2D eigenvalue weighted by molar-refractivity contribution is 8.05. The Balaban J connectivity index is 1.22. The molecule has 1 aliphatic carbocycles. The second-order valence-corrected chi connectivity index (χ2v) is 16.3. The van der Waals surface area contributed by atoms with Crippen LogP contribution in [0.1, 0.15) is 51.7 Å². The zero-order valence-electron chi connectivity index (χ0n) is 31.4. The number of fused-ring (bicyclic) bond motifs is 6. The molecule has 1 aliphatic heterocycles. The normalized spacial score (nSPS) is 15.3. The molecule has 0 radical (unpaired) electrons. The van der Waals surface area contributed by atoms with Gasteiger partial charge in [0, 0.05) is 71.3 Å². The van der Waals surface area contributed by atoms with Gasteiger partial charge in [0.05, 0.1) is 0 Å². The van der Waals surface area contributed by atoms with Crippen molar-refractivity contribution in [2.75, 3.05) is 6.54 Å². The van der Waals surface area contributed by atoms with Crippen LogP contribution in [0.2, 0.25) is 0 Å². The molecule has 0 atom stereocenters. The van der Waals surface area contributed by atoms with E-state index in [4.69, 9.17) is 0 Å². The number of allylic oxidation sites excluding steroid dienone is 11.